The highest BCUT2D eigenvalue weighted by Gasteiger charge is 2.22. The number of nitrogens with zero attached hydrogens (tertiary/aromatic N) is 1. The smallest absolute Gasteiger partial charge is 0.315 e. The first-order valence-corrected chi connectivity index (χ1v) is 6.19. The third-order valence-corrected chi connectivity index (χ3v) is 2.86. The lowest BCUT2D eigenvalue weighted by atomic mass is 10.1. The second-order valence-corrected chi connectivity index (χ2v) is 5.63. The van der Waals surface area contributed by atoms with E-state index in [1.165, 1.54) is 13.0 Å². The number of urea groups is 1. The lowest BCUT2D eigenvalue weighted by Gasteiger charge is -2.21. The van der Waals surface area contributed by atoms with Crippen LogP contribution in [0.4, 0.5) is 4.79 Å². The van der Waals surface area contributed by atoms with E-state index in [2.05, 4.69) is 22.5 Å². The summed E-state index contributed by atoms with van der Waals surface area (Å²) in [5.74, 6) is 0.616. The summed E-state index contributed by atoms with van der Waals surface area (Å²) in [6, 6.07) is -0.0533. The molecule has 0 aromatic rings. The molecule has 0 aromatic heterocycles. The minimum Gasteiger partial charge on any atom is -0.338 e. The first-order valence-electron chi connectivity index (χ1n) is 6.19. The highest BCUT2D eigenvalue weighted by molar-refractivity contribution is 5.74. The number of carbonyl (C=O) groups excluding carboxylic acids is 1. The van der Waals surface area contributed by atoms with Gasteiger partial charge >= 0.3 is 6.03 Å². The molecule has 1 unspecified atom stereocenters. The van der Waals surface area contributed by atoms with Gasteiger partial charge in [-0.1, -0.05) is 6.92 Å². The van der Waals surface area contributed by atoms with Crippen LogP contribution in [0, 0.1) is 5.92 Å². The molecule has 2 amide bonds. The van der Waals surface area contributed by atoms with Gasteiger partial charge in [-0.15, -0.1) is 0 Å². The van der Waals surface area contributed by atoms with E-state index >= 15 is 0 Å². The summed E-state index contributed by atoms with van der Waals surface area (Å²) in [4.78, 5) is 14.0. The lowest BCUT2D eigenvalue weighted by molar-refractivity contribution is 0.230. The summed E-state index contributed by atoms with van der Waals surface area (Å²) < 4.78 is 0. The zero-order valence-electron chi connectivity index (χ0n) is 11.0. The highest BCUT2D eigenvalue weighted by Crippen LogP contribution is 2.14. The van der Waals surface area contributed by atoms with Crippen molar-refractivity contribution in [2.75, 3.05) is 26.2 Å². The maximum absolute atomic E-state index is 11.5. The van der Waals surface area contributed by atoms with Gasteiger partial charge in [0, 0.05) is 18.6 Å². The van der Waals surface area contributed by atoms with Crippen LogP contribution in [-0.4, -0.2) is 42.6 Å². The number of likely N-dealkylation sites (tertiary alicyclic amines) is 1. The van der Waals surface area contributed by atoms with Gasteiger partial charge in [-0.05, 0) is 46.2 Å². The van der Waals surface area contributed by atoms with Crippen LogP contribution in [0.3, 0.4) is 0 Å². The first-order chi connectivity index (χ1) is 7.40. The number of hydrogen-bond donors (Lipinski definition) is 2. The van der Waals surface area contributed by atoms with Gasteiger partial charge in [-0.3, -0.25) is 0 Å². The first kappa shape index (κ1) is 13.3. The molecule has 1 atom stereocenters. The van der Waals surface area contributed by atoms with Crippen LogP contribution in [0.25, 0.3) is 0 Å². The van der Waals surface area contributed by atoms with Crippen molar-refractivity contribution >= 4 is 6.03 Å². The summed E-state index contributed by atoms with van der Waals surface area (Å²) in [5, 5.41) is 5.85. The van der Waals surface area contributed by atoms with Crippen LogP contribution in [-0.2, 0) is 0 Å². The van der Waals surface area contributed by atoms with E-state index in [1.807, 2.05) is 20.8 Å². The average molecular weight is 227 g/mol. The molecular formula is C12H25N3O. The van der Waals surface area contributed by atoms with Crippen LogP contribution >= 0.6 is 0 Å². The van der Waals surface area contributed by atoms with Crippen molar-refractivity contribution in [1.29, 1.82) is 0 Å². The van der Waals surface area contributed by atoms with E-state index < -0.39 is 0 Å². The molecule has 0 saturated carbocycles. The van der Waals surface area contributed by atoms with Crippen molar-refractivity contribution in [3.05, 3.63) is 0 Å². The second-order valence-electron chi connectivity index (χ2n) is 5.63. The number of rotatable bonds is 3. The molecule has 1 heterocycles. The molecule has 1 aliphatic heterocycles. The predicted molar refractivity (Wildman–Crippen MR) is 66.5 cm³/mol. The third kappa shape index (κ3) is 4.84. The summed E-state index contributed by atoms with van der Waals surface area (Å²) in [6.45, 7) is 12.3. The van der Waals surface area contributed by atoms with E-state index in [1.54, 1.807) is 0 Å². The van der Waals surface area contributed by atoms with Gasteiger partial charge in [0.25, 0.3) is 0 Å². The molecule has 94 valence electrons. The van der Waals surface area contributed by atoms with E-state index in [4.69, 9.17) is 0 Å². The molecule has 1 aliphatic rings. The summed E-state index contributed by atoms with van der Waals surface area (Å²) in [6.07, 6.45) is 1.20. The van der Waals surface area contributed by atoms with Gasteiger partial charge in [-0.25, -0.2) is 4.79 Å². The molecule has 4 heteroatoms. The molecule has 0 spiro atoms. The molecule has 16 heavy (non-hydrogen) atoms. The van der Waals surface area contributed by atoms with Gasteiger partial charge in [0.15, 0.2) is 0 Å². The third-order valence-electron chi connectivity index (χ3n) is 2.86. The number of amides is 2. The Morgan fingerprint density at radius 1 is 1.44 bits per heavy atom. The van der Waals surface area contributed by atoms with Gasteiger partial charge in [0.2, 0.25) is 0 Å². The summed E-state index contributed by atoms with van der Waals surface area (Å²) >= 11 is 0. The summed E-state index contributed by atoms with van der Waals surface area (Å²) in [7, 11) is 0. The Bertz CT molecular complexity index is 235. The molecule has 0 aliphatic carbocycles. The van der Waals surface area contributed by atoms with Gasteiger partial charge < -0.3 is 15.5 Å². The Hall–Kier alpha value is -0.770. The van der Waals surface area contributed by atoms with Crippen molar-refractivity contribution in [2.24, 2.45) is 5.92 Å². The largest absolute Gasteiger partial charge is 0.338 e. The predicted octanol–water partition coefficient (Wildman–Crippen LogP) is 1.43. The minimum absolute atomic E-state index is 0.0533. The van der Waals surface area contributed by atoms with Crippen LogP contribution in [0.1, 0.15) is 34.1 Å². The number of nitrogens with one attached hydrogen (secondary N) is 2. The second kappa shape index (κ2) is 5.53. The Morgan fingerprint density at radius 3 is 2.62 bits per heavy atom. The Balaban J connectivity index is 2.18. The maximum Gasteiger partial charge on any atom is 0.315 e. The van der Waals surface area contributed by atoms with Crippen molar-refractivity contribution in [3.63, 3.8) is 0 Å². The lowest BCUT2D eigenvalue weighted by Crippen LogP contribution is -2.47. The Morgan fingerprint density at radius 2 is 2.12 bits per heavy atom. The van der Waals surface area contributed by atoms with Crippen LogP contribution in [0.15, 0.2) is 0 Å². The van der Waals surface area contributed by atoms with Crippen molar-refractivity contribution in [3.8, 4) is 0 Å². The SMILES string of the molecule is CCN1CCC(CNC(=O)NC(C)(C)C)C1. The zero-order valence-corrected chi connectivity index (χ0v) is 11.0. The van der Waals surface area contributed by atoms with Gasteiger partial charge in [0.1, 0.15) is 0 Å². The van der Waals surface area contributed by atoms with E-state index in [0.717, 1.165) is 19.6 Å². The molecule has 0 bridgehead atoms. The molecule has 0 radical (unpaired) electrons. The van der Waals surface area contributed by atoms with Crippen molar-refractivity contribution in [2.45, 2.75) is 39.7 Å². The van der Waals surface area contributed by atoms with E-state index in [0.29, 0.717) is 5.92 Å². The fourth-order valence-corrected chi connectivity index (χ4v) is 1.99. The molecule has 1 fully saturated rings. The van der Waals surface area contributed by atoms with Crippen LogP contribution < -0.4 is 10.6 Å². The quantitative estimate of drug-likeness (QED) is 0.766. The molecular weight excluding hydrogens is 202 g/mol. The molecule has 4 nitrogen and oxygen atoms in total. The van der Waals surface area contributed by atoms with Crippen LogP contribution in [0.2, 0.25) is 0 Å². The number of hydrogen-bond acceptors (Lipinski definition) is 2. The standard InChI is InChI=1S/C12H25N3O/c1-5-15-7-6-10(9-15)8-13-11(16)14-12(2,3)4/h10H,5-9H2,1-4H3,(H2,13,14,16). The molecule has 0 aromatic carbocycles. The van der Waals surface area contributed by atoms with Gasteiger partial charge in [-0.2, -0.15) is 0 Å². The zero-order chi connectivity index (χ0) is 12.2. The highest BCUT2D eigenvalue weighted by atomic mass is 16.2. The monoisotopic (exact) mass is 227 g/mol. The minimum atomic E-state index is -0.158. The van der Waals surface area contributed by atoms with E-state index in [-0.39, 0.29) is 11.6 Å². The van der Waals surface area contributed by atoms with Crippen molar-refractivity contribution in [1.82, 2.24) is 15.5 Å². The molecule has 1 saturated heterocycles. The number of carbonyl (C=O) groups is 1. The van der Waals surface area contributed by atoms with Gasteiger partial charge in [0.05, 0.1) is 0 Å². The fraction of sp³-hybridized carbons (Fsp3) is 0.917. The van der Waals surface area contributed by atoms with Crippen LogP contribution in [0.5, 0.6) is 0 Å². The Labute approximate surface area is 98.8 Å². The topological polar surface area (TPSA) is 44.4 Å². The van der Waals surface area contributed by atoms with Crippen molar-refractivity contribution < 1.29 is 4.79 Å². The fourth-order valence-electron chi connectivity index (χ4n) is 1.99. The average Bonchev–Trinajstić information content (AvgIpc) is 2.59. The van der Waals surface area contributed by atoms with E-state index in [9.17, 15) is 4.79 Å². The molecule has 2 N–H and O–H groups in total. The Kier molecular flexibility index (Phi) is 4.59. The summed E-state index contributed by atoms with van der Waals surface area (Å²) in [5.41, 5.74) is -0.158. The maximum atomic E-state index is 11.5. The normalized spacial score (nSPS) is 22.1. The molecule has 1 rings (SSSR count).